The molecule has 2 aliphatic rings. The van der Waals surface area contributed by atoms with Gasteiger partial charge in [0.1, 0.15) is 6.10 Å². The van der Waals surface area contributed by atoms with E-state index in [0.29, 0.717) is 18.9 Å². The second kappa shape index (κ2) is 8.02. The molecule has 2 atom stereocenters. The first-order chi connectivity index (χ1) is 14.0. The topological polar surface area (TPSA) is 121 Å². The van der Waals surface area contributed by atoms with Gasteiger partial charge in [0.25, 0.3) is 5.91 Å². The van der Waals surface area contributed by atoms with E-state index in [4.69, 9.17) is 4.74 Å². The Morgan fingerprint density at radius 2 is 1.90 bits per heavy atom. The predicted molar refractivity (Wildman–Crippen MR) is 97.8 cm³/mol. The number of amides is 2. The molecule has 11 heteroatoms. The van der Waals surface area contributed by atoms with E-state index in [1.807, 2.05) is 0 Å². The van der Waals surface area contributed by atoms with Gasteiger partial charge >= 0.3 is 6.09 Å². The number of aromatic nitrogens is 3. The van der Waals surface area contributed by atoms with Crippen LogP contribution >= 0.6 is 0 Å². The number of fused-ring (bicyclic) bond motifs is 7. The van der Waals surface area contributed by atoms with Crippen LogP contribution in [0.3, 0.4) is 0 Å². The van der Waals surface area contributed by atoms with E-state index in [9.17, 15) is 18.4 Å². The number of nitrogens with zero attached hydrogens (tertiary/aromatic N) is 2. The van der Waals surface area contributed by atoms with Gasteiger partial charge in [0.2, 0.25) is 0 Å². The number of nitrogens with one attached hydrogen (secondary N) is 4. The van der Waals surface area contributed by atoms with Crippen LogP contribution in [0.15, 0.2) is 12.1 Å². The molecule has 9 nitrogen and oxygen atoms in total. The Kier molecular flexibility index (Phi) is 5.28. The highest BCUT2D eigenvalue weighted by molar-refractivity contribution is 5.93. The molecule has 4 N–H and O–H groups in total. The molecule has 4 rings (SSSR count). The van der Waals surface area contributed by atoms with Crippen LogP contribution in [0.1, 0.15) is 47.8 Å². The molecule has 0 aromatic carbocycles. The van der Waals surface area contributed by atoms with Crippen LogP contribution in [0.2, 0.25) is 0 Å². The number of alkyl carbamates (subject to hydrolysis) is 1. The Labute approximate surface area is 164 Å². The summed E-state index contributed by atoms with van der Waals surface area (Å²) < 4.78 is 33.6. The van der Waals surface area contributed by atoms with Gasteiger partial charge in [-0.15, -0.1) is 0 Å². The summed E-state index contributed by atoms with van der Waals surface area (Å²) in [5.41, 5.74) is 0.275. The normalized spacial score (nSPS) is 22.6. The maximum absolute atomic E-state index is 14.1. The summed E-state index contributed by atoms with van der Waals surface area (Å²) in [4.78, 5) is 27.9. The van der Waals surface area contributed by atoms with Gasteiger partial charge in [-0.05, 0) is 25.7 Å². The van der Waals surface area contributed by atoms with E-state index in [2.05, 4.69) is 31.1 Å². The van der Waals surface area contributed by atoms with Gasteiger partial charge in [0, 0.05) is 36.8 Å². The monoisotopic (exact) mass is 406 g/mol. The van der Waals surface area contributed by atoms with E-state index in [1.54, 1.807) is 6.07 Å². The molecule has 29 heavy (non-hydrogen) atoms. The van der Waals surface area contributed by atoms with Crippen molar-refractivity contribution in [1.82, 2.24) is 25.8 Å². The highest BCUT2D eigenvalue weighted by Gasteiger charge is 2.30. The molecule has 6 bridgehead atoms. The molecule has 1 saturated carbocycles. The highest BCUT2D eigenvalue weighted by Crippen LogP contribution is 2.36. The fourth-order valence-corrected chi connectivity index (χ4v) is 3.53. The lowest BCUT2D eigenvalue weighted by atomic mass is 10.0. The van der Waals surface area contributed by atoms with Gasteiger partial charge < -0.3 is 20.7 Å². The standard InChI is InChI=1S/C18H20F2N6O3/c19-11-7-12(20)16-23-14-8-13(25-26-14)9-2-3-10(6-9)29-18(28)22-5-1-4-21-17(27)15(11)24-16/h7-10H,1-6H2,(H,21,27)(H,22,28)(H2,23,24,25,26)/t9-,10+/m0/s1. The molecule has 1 fully saturated rings. The number of halogens is 2. The van der Waals surface area contributed by atoms with Crippen molar-refractivity contribution in [3.8, 4) is 0 Å². The van der Waals surface area contributed by atoms with E-state index in [0.717, 1.165) is 18.5 Å². The Hall–Kier alpha value is -3.24. The number of anilines is 2. The predicted octanol–water partition coefficient (Wildman–Crippen LogP) is 2.32. The number of carbonyl (C=O) groups is 2. The quantitative estimate of drug-likeness (QED) is 0.533. The summed E-state index contributed by atoms with van der Waals surface area (Å²) in [6, 6.07) is 2.30. The fourth-order valence-electron chi connectivity index (χ4n) is 3.53. The van der Waals surface area contributed by atoms with E-state index < -0.39 is 29.3 Å². The third-order valence-corrected chi connectivity index (χ3v) is 5.00. The summed E-state index contributed by atoms with van der Waals surface area (Å²) in [7, 11) is 0. The van der Waals surface area contributed by atoms with Gasteiger partial charge in [-0.3, -0.25) is 9.89 Å². The van der Waals surface area contributed by atoms with Crippen LogP contribution in [0.25, 0.3) is 0 Å². The molecule has 2 aromatic heterocycles. The largest absolute Gasteiger partial charge is 0.446 e. The van der Waals surface area contributed by atoms with Crippen LogP contribution < -0.4 is 16.0 Å². The zero-order chi connectivity index (χ0) is 20.4. The van der Waals surface area contributed by atoms with E-state index >= 15 is 0 Å². The second-order valence-electron chi connectivity index (χ2n) is 7.06. The first kappa shape index (κ1) is 19.1. The van der Waals surface area contributed by atoms with Crippen LogP contribution in [0.5, 0.6) is 0 Å². The summed E-state index contributed by atoms with van der Waals surface area (Å²) in [5.74, 6) is -2.68. The third-order valence-electron chi connectivity index (χ3n) is 5.00. The minimum atomic E-state index is -1.07. The Bertz CT molecular complexity index is 934. The van der Waals surface area contributed by atoms with Crippen LogP contribution in [-0.4, -0.2) is 46.4 Å². The minimum absolute atomic E-state index is 0.113. The molecule has 0 spiro atoms. The minimum Gasteiger partial charge on any atom is -0.446 e. The number of pyridine rings is 1. The molecule has 1 aliphatic carbocycles. The van der Waals surface area contributed by atoms with Crippen molar-refractivity contribution < 1.29 is 23.1 Å². The second-order valence-corrected chi connectivity index (χ2v) is 7.06. The molecule has 3 heterocycles. The maximum Gasteiger partial charge on any atom is 0.407 e. The first-order valence-corrected chi connectivity index (χ1v) is 9.40. The van der Waals surface area contributed by atoms with Crippen molar-refractivity contribution >= 4 is 23.6 Å². The van der Waals surface area contributed by atoms with E-state index in [1.165, 1.54) is 0 Å². The van der Waals surface area contributed by atoms with Crippen molar-refractivity contribution in [2.75, 3.05) is 18.4 Å². The van der Waals surface area contributed by atoms with E-state index in [-0.39, 0.29) is 36.7 Å². The number of H-pyrrole nitrogens is 1. The average molecular weight is 406 g/mol. The number of ether oxygens (including phenoxy) is 1. The van der Waals surface area contributed by atoms with Crippen molar-refractivity contribution in [2.45, 2.75) is 37.7 Å². The van der Waals surface area contributed by atoms with Gasteiger partial charge in [-0.2, -0.15) is 5.10 Å². The molecule has 2 amide bonds. The Morgan fingerprint density at radius 3 is 2.76 bits per heavy atom. The first-order valence-electron chi connectivity index (χ1n) is 9.40. The van der Waals surface area contributed by atoms with Crippen LogP contribution in [-0.2, 0) is 4.74 Å². The number of aromatic amines is 1. The molecule has 154 valence electrons. The summed E-state index contributed by atoms with van der Waals surface area (Å²) in [5, 5.41) is 14.8. The zero-order valence-electron chi connectivity index (χ0n) is 15.4. The molecule has 2 aromatic rings. The lowest BCUT2D eigenvalue weighted by molar-refractivity contribution is 0.0943. The van der Waals surface area contributed by atoms with Gasteiger partial charge in [-0.1, -0.05) is 0 Å². The summed E-state index contributed by atoms with van der Waals surface area (Å²) in [6.45, 7) is 0.458. The van der Waals surface area contributed by atoms with Gasteiger partial charge in [0.15, 0.2) is 29.0 Å². The van der Waals surface area contributed by atoms with Crippen molar-refractivity contribution in [1.29, 1.82) is 0 Å². The Morgan fingerprint density at radius 1 is 1.07 bits per heavy atom. The molecule has 0 saturated heterocycles. The van der Waals surface area contributed by atoms with Crippen molar-refractivity contribution in [3.63, 3.8) is 0 Å². The SMILES string of the molecule is O=C1NCCCNC(=O)c2nc(c(F)cc2F)Nc2cc([nH]n2)[C@H]2CC[C@H](C2)O1. The number of carbonyl (C=O) groups excluding carboxylic acids is 2. The van der Waals surface area contributed by atoms with Gasteiger partial charge in [0.05, 0.1) is 0 Å². The number of rotatable bonds is 0. The molecule has 1 aliphatic heterocycles. The lowest BCUT2D eigenvalue weighted by Gasteiger charge is -2.13. The third kappa shape index (κ3) is 4.28. The number of hydrogen-bond donors (Lipinski definition) is 4. The van der Waals surface area contributed by atoms with Gasteiger partial charge in [-0.25, -0.2) is 18.6 Å². The van der Waals surface area contributed by atoms with Crippen molar-refractivity contribution in [3.05, 3.63) is 35.2 Å². The molecular weight excluding hydrogens is 386 g/mol. The zero-order valence-corrected chi connectivity index (χ0v) is 15.4. The van der Waals surface area contributed by atoms with Crippen LogP contribution in [0, 0.1) is 11.6 Å². The fraction of sp³-hybridized carbons (Fsp3) is 0.444. The molecule has 0 radical (unpaired) electrons. The molecule has 0 unspecified atom stereocenters. The maximum atomic E-state index is 14.1. The summed E-state index contributed by atoms with van der Waals surface area (Å²) in [6.07, 6.45) is 1.90. The van der Waals surface area contributed by atoms with Crippen molar-refractivity contribution in [2.24, 2.45) is 0 Å². The summed E-state index contributed by atoms with van der Waals surface area (Å²) >= 11 is 0. The lowest BCUT2D eigenvalue weighted by Crippen LogP contribution is -2.32. The smallest absolute Gasteiger partial charge is 0.407 e. The highest BCUT2D eigenvalue weighted by atomic mass is 19.1. The Balaban J connectivity index is 1.61. The molecular formula is C18H20F2N6O3. The van der Waals surface area contributed by atoms with Crippen LogP contribution in [0.4, 0.5) is 25.2 Å². The average Bonchev–Trinajstić information content (AvgIpc) is 3.32. The number of hydrogen-bond acceptors (Lipinski definition) is 6.